The second kappa shape index (κ2) is 4.00. The molecule has 0 saturated carbocycles. The smallest absolute Gasteiger partial charge is 0.121 e. The van der Waals surface area contributed by atoms with Gasteiger partial charge < -0.3 is 5.73 Å². The van der Waals surface area contributed by atoms with Crippen molar-refractivity contribution in [2.24, 2.45) is 7.05 Å². The van der Waals surface area contributed by atoms with Crippen LogP contribution in [-0.2, 0) is 7.05 Å². The number of aromatic nitrogens is 2. The van der Waals surface area contributed by atoms with Crippen molar-refractivity contribution in [3.05, 3.63) is 35.9 Å². The molecule has 1 aromatic carbocycles. The molecule has 0 saturated heterocycles. The molecule has 2 aromatic rings. The van der Waals surface area contributed by atoms with Crippen LogP contribution in [0.1, 0.15) is 25.3 Å². The third kappa shape index (κ3) is 1.81. The molecule has 0 atom stereocenters. The number of nitrogens with two attached hydrogens (primary N) is 1. The molecule has 0 aliphatic heterocycles. The van der Waals surface area contributed by atoms with Crippen LogP contribution in [0.3, 0.4) is 0 Å². The second-order valence-electron chi connectivity index (χ2n) is 4.32. The minimum absolute atomic E-state index is 0.486. The number of anilines is 1. The van der Waals surface area contributed by atoms with Gasteiger partial charge in [0.2, 0.25) is 0 Å². The molecule has 0 aliphatic carbocycles. The molecule has 0 unspecified atom stereocenters. The van der Waals surface area contributed by atoms with Crippen LogP contribution in [0.2, 0.25) is 0 Å². The second-order valence-corrected chi connectivity index (χ2v) is 4.32. The van der Waals surface area contributed by atoms with E-state index >= 15 is 0 Å². The lowest BCUT2D eigenvalue weighted by Gasteiger charge is -2.10. The molecular weight excluding hydrogens is 198 g/mol. The molecule has 0 aliphatic rings. The summed E-state index contributed by atoms with van der Waals surface area (Å²) < 4.78 is 1.70. The van der Waals surface area contributed by atoms with Crippen molar-refractivity contribution in [2.75, 3.05) is 5.73 Å². The van der Waals surface area contributed by atoms with Crippen LogP contribution in [0.4, 0.5) is 5.82 Å². The Balaban J connectivity index is 2.55. The first-order chi connectivity index (χ1) is 7.59. The molecule has 16 heavy (non-hydrogen) atoms. The van der Waals surface area contributed by atoms with E-state index in [0.717, 1.165) is 5.69 Å². The average molecular weight is 215 g/mol. The highest BCUT2D eigenvalue weighted by molar-refractivity contribution is 5.66. The molecule has 0 fully saturated rings. The summed E-state index contributed by atoms with van der Waals surface area (Å²) in [7, 11) is 1.86. The topological polar surface area (TPSA) is 43.8 Å². The highest BCUT2D eigenvalue weighted by atomic mass is 15.3. The molecule has 0 amide bonds. The van der Waals surface area contributed by atoms with Gasteiger partial charge in [0.15, 0.2) is 0 Å². The molecular formula is C13H17N3. The van der Waals surface area contributed by atoms with E-state index in [1.54, 1.807) is 4.68 Å². The highest BCUT2D eigenvalue weighted by Gasteiger charge is 2.11. The largest absolute Gasteiger partial charge is 0.384 e. The van der Waals surface area contributed by atoms with Crippen molar-refractivity contribution in [3.63, 3.8) is 0 Å². The van der Waals surface area contributed by atoms with Crippen LogP contribution in [-0.4, -0.2) is 9.78 Å². The summed E-state index contributed by atoms with van der Waals surface area (Å²) >= 11 is 0. The van der Waals surface area contributed by atoms with Crippen LogP contribution >= 0.6 is 0 Å². The number of hydrogen-bond acceptors (Lipinski definition) is 2. The summed E-state index contributed by atoms with van der Waals surface area (Å²) in [6.45, 7) is 4.37. The van der Waals surface area contributed by atoms with Crippen LogP contribution in [0, 0.1) is 0 Å². The van der Waals surface area contributed by atoms with Gasteiger partial charge in [-0.1, -0.05) is 38.1 Å². The van der Waals surface area contributed by atoms with E-state index in [2.05, 4.69) is 37.1 Å². The summed E-state index contributed by atoms with van der Waals surface area (Å²) in [6.07, 6.45) is 0. The molecule has 2 N–H and O–H groups in total. The van der Waals surface area contributed by atoms with E-state index in [0.29, 0.717) is 11.7 Å². The maximum absolute atomic E-state index is 5.80. The molecule has 1 aromatic heterocycles. The van der Waals surface area contributed by atoms with Gasteiger partial charge in [-0.15, -0.1) is 0 Å². The zero-order chi connectivity index (χ0) is 11.7. The third-order valence-electron chi connectivity index (χ3n) is 2.77. The van der Waals surface area contributed by atoms with E-state index in [9.17, 15) is 0 Å². The van der Waals surface area contributed by atoms with Gasteiger partial charge in [-0.2, -0.15) is 5.10 Å². The summed E-state index contributed by atoms with van der Waals surface area (Å²) in [5.41, 5.74) is 9.23. The fourth-order valence-corrected chi connectivity index (χ4v) is 1.85. The summed E-state index contributed by atoms with van der Waals surface area (Å²) in [5, 5.41) is 4.42. The fourth-order valence-electron chi connectivity index (χ4n) is 1.85. The average Bonchev–Trinajstić information content (AvgIpc) is 2.59. The Morgan fingerprint density at radius 3 is 2.50 bits per heavy atom. The highest BCUT2D eigenvalue weighted by Crippen LogP contribution is 2.28. The normalized spacial score (nSPS) is 11.0. The standard InChI is InChI=1S/C13H17N3/c1-9(2)10-6-4-5-7-11(10)12-8-13(14)16(3)15-12/h4-9H,14H2,1-3H3. The maximum Gasteiger partial charge on any atom is 0.121 e. The zero-order valence-electron chi connectivity index (χ0n) is 9.94. The first-order valence-electron chi connectivity index (χ1n) is 5.48. The summed E-state index contributed by atoms with van der Waals surface area (Å²) in [5.74, 6) is 1.17. The Hall–Kier alpha value is -1.77. The molecule has 0 spiro atoms. The lowest BCUT2D eigenvalue weighted by Crippen LogP contribution is -1.97. The Kier molecular flexibility index (Phi) is 2.69. The summed E-state index contributed by atoms with van der Waals surface area (Å²) in [6, 6.07) is 10.3. The monoisotopic (exact) mass is 215 g/mol. The van der Waals surface area contributed by atoms with Gasteiger partial charge in [0.1, 0.15) is 5.82 Å². The fraction of sp³-hybridized carbons (Fsp3) is 0.308. The number of aryl methyl sites for hydroxylation is 1. The van der Waals surface area contributed by atoms with Crippen LogP contribution in [0.25, 0.3) is 11.3 Å². The number of nitrogens with zero attached hydrogens (tertiary/aromatic N) is 2. The van der Waals surface area contributed by atoms with Crippen LogP contribution < -0.4 is 5.73 Å². The molecule has 0 bridgehead atoms. The van der Waals surface area contributed by atoms with Crippen LogP contribution in [0.5, 0.6) is 0 Å². The van der Waals surface area contributed by atoms with Gasteiger partial charge in [-0.3, -0.25) is 4.68 Å². The first-order valence-corrected chi connectivity index (χ1v) is 5.48. The van der Waals surface area contributed by atoms with Crippen molar-refractivity contribution in [1.29, 1.82) is 0 Å². The molecule has 84 valence electrons. The number of rotatable bonds is 2. The van der Waals surface area contributed by atoms with E-state index in [4.69, 9.17) is 5.73 Å². The SMILES string of the molecule is CC(C)c1ccccc1-c1cc(N)n(C)n1. The van der Waals surface area contributed by atoms with Gasteiger partial charge in [-0.05, 0) is 11.5 Å². The van der Waals surface area contributed by atoms with Crippen molar-refractivity contribution >= 4 is 5.82 Å². The molecule has 0 radical (unpaired) electrons. The Morgan fingerprint density at radius 1 is 1.25 bits per heavy atom. The van der Waals surface area contributed by atoms with Crippen LogP contribution in [0.15, 0.2) is 30.3 Å². The molecule has 3 heteroatoms. The van der Waals surface area contributed by atoms with E-state index in [1.165, 1.54) is 11.1 Å². The van der Waals surface area contributed by atoms with Crippen molar-refractivity contribution < 1.29 is 0 Å². The predicted octanol–water partition coefficient (Wildman–Crippen LogP) is 2.79. The van der Waals surface area contributed by atoms with E-state index in [1.807, 2.05) is 19.2 Å². The minimum Gasteiger partial charge on any atom is -0.384 e. The number of benzene rings is 1. The van der Waals surface area contributed by atoms with Gasteiger partial charge in [-0.25, -0.2) is 0 Å². The lowest BCUT2D eigenvalue weighted by molar-refractivity contribution is 0.780. The molecule has 2 rings (SSSR count). The maximum atomic E-state index is 5.80. The van der Waals surface area contributed by atoms with Crippen molar-refractivity contribution in [3.8, 4) is 11.3 Å². The third-order valence-corrected chi connectivity index (χ3v) is 2.77. The van der Waals surface area contributed by atoms with Crippen molar-refractivity contribution in [2.45, 2.75) is 19.8 Å². The van der Waals surface area contributed by atoms with Gasteiger partial charge >= 0.3 is 0 Å². The van der Waals surface area contributed by atoms with E-state index in [-0.39, 0.29) is 0 Å². The Morgan fingerprint density at radius 2 is 1.94 bits per heavy atom. The van der Waals surface area contributed by atoms with Crippen molar-refractivity contribution in [1.82, 2.24) is 9.78 Å². The number of hydrogen-bond donors (Lipinski definition) is 1. The Labute approximate surface area is 95.9 Å². The van der Waals surface area contributed by atoms with Gasteiger partial charge in [0.25, 0.3) is 0 Å². The lowest BCUT2D eigenvalue weighted by atomic mass is 9.95. The first kappa shape index (κ1) is 10.7. The number of nitrogen functional groups attached to an aromatic ring is 1. The quantitative estimate of drug-likeness (QED) is 0.837. The van der Waals surface area contributed by atoms with E-state index < -0.39 is 0 Å². The predicted molar refractivity (Wildman–Crippen MR) is 67.1 cm³/mol. The Bertz CT molecular complexity index is 478. The van der Waals surface area contributed by atoms with Gasteiger partial charge in [0.05, 0.1) is 5.69 Å². The van der Waals surface area contributed by atoms with Gasteiger partial charge in [0, 0.05) is 18.7 Å². The minimum atomic E-state index is 0.486. The zero-order valence-corrected chi connectivity index (χ0v) is 9.94. The summed E-state index contributed by atoms with van der Waals surface area (Å²) in [4.78, 5) is 0. The molecule has 1 heterocycles. The molecule has 3 nitrogen and oxygen atoms in total.